The van der Waals surface area contributed by atoms with Crippen molar-refractivity contribution in [1.82, 2.24) is 0 Å². The lowest BCUT2D eigenvalue weighted by Crippen LogP contribution is -2.58. The van der Waals surface area contributed by atoms with Gasteiger partial charge in [-0.15, -0.1) is 0 Å². The summed E-state index contributed by atoms with van der Waals surface area (Å²) in [5.41, 5.74) is 1.34. The number of anilines is 2. The Morgan fingerprint density at radius 3 is 2.62 bits per heavy atom. The number of hydrogen-bond donors (Lipinski definition) is 3. The van der Waals surface area contributed by atoms with E-state index < -0.39 is 10.2 Å². The van der Waals surface area contributed by atoms with E-state index in [0.29, 0.717) is 18.3 Å². The number of nitrogens with two attached hydrogens (primary N) is 1. The van der Waals surface area contributed by atoms with Crippen LogP contribution in [0.15, 0.2) is 24.3 Å². The highest BCUT2D eigenvalue weighted by Gasteiger charge is 2.48. The van der Waals surface area contributed by atoms with Gasteiger partial charge in [-0.3, -0.25) is 4.72 Å². The van der Waals surface area contributed by atoms with Crippen molar-refractivity contribution in [3.63, 3.8) is 0 Å². The molecule has 0 radical (unpaired) electrons. The maximum atomic E-state index is 11.0. The molecule has 21 heavy (non-hydrogen) atoms. The van der Waals surface area contributed by atoms with Crippen LogP contribution < -0.4 is 15.2 Å². The molecule has 0 saturated heterocycles. The van der Waals surface area contributed by atoms with Gasteiger partial charge in [0.05, 0.1) is 11.8 Å². The maximum absolute atomic E-state index is 11.0. The topological polar surface area (TPSA) is 93.4 Å². The first-order chi connectivity index (χ1) is 9.72. The van der Waals surface area contributed by atoms with E-state index in [4.69, 9.17) is 9.88 Å². The fourth-order valence-electron chi connectivity index (χ4n) is 2.65. The molecule has 2 unspecified atom stereocenters. The van der Waals surface area contributed by atoms with E-state index in [9.17, 15) is 8.42 Å². The molecule has 2 atom stereocenters. The highest BCUT2D eigenvalue weighted by molar-refractivity contribution is 7.90. The summed E-state index contributed by atoms with van der Waals surface area (Å²) in [6.45, 7) is 7.05. The number of rotatable bonds is 6. The van der Waals surface area contributed by atoms with Crippen LogP contribution in [0, 0.1) is 5.41 Å². The van der Waals surface area contributed by atoms with Gasteiger partial charge < -0.3 is 10.1 Å². The minimum Gasteiger partial charge on any atom is -0.382 e. The summed E-state index contributed by atoms with van der Waals surface area (Å²) < 4.78 is 30.1. The zero-order valence-electron chi connectivity index (χ0n) is 12.6. The predicted molar refractivity (Wildman–Crippen MR) is 84.4 cm³/mol. The summed E-state index contributed by atoms with van der Waals surface area (Å²) in [5.74, 6) is 0. The third-order valence-corrected chi connectivity index (χ3v) is 4.53. The van der Waals surface area contributed by atoms with Crippen LogP contribution in [0.25, 0.3) is 0 Å². The number of nitrogens with one attached hydrogen (secondary N) is 2. The van der Waals surface area contributed by atoms with Crippen molar-refractivity contribution in [2.24, 2.45) is 10.6 Å². The zero-order valence-corrected chi connectivity index (χ0v) is 13.4. The molecule has 1 fully saturated rings. The minimum atomic E-state index is -3.75. The van der Waals surface area contributed by atoms with Gasteiger partial charge in [0.25, 0.3) is 10.2 Å². The van der Waals surface area contributed by atoms with E-state index in [1.807, 2.05) is 13.0 Å². The fourth-order valence-corrected chi connectivity index (χ4v) is 3.11. The largest absolute Gasteiger partial charge is 0.382 e. The van der Waals surface area contributed by atoms with Gasteiger partial charge in [0.1, 0.15) is 0 Å². The first-order valence-corrected chi connectivity index (χ1v) is 8.55. The lowest BCUT2D eigenvalue weighted by Gasteiger charge is -2.52. The molecule has 1 aliphatic rings. The molecule has 4 N–H and O–H groups in total. The SMILES string of the molecule is CCOC1CC(Nc2cccc(NS(N)(=O)=O)c2)C1(C)C. The lowest BCUT2D eigenvalue weighted by molar-refractivity contribution is -0.0975. The molecule has 7 heteroatoms. The van der Waals surface area contributed by atoms with E-state index in [1.165, 1.54) is 0 Å². The Morgan fingerprint density at radius 1 is 1.38 bits per heavy atom. The van der Waals surface area contributed by atoms with Crippen molar-refractivity contribution in [3.8, 4) is 0 Å². The average Bonchev–Trinajstić information content (AvgIpc) is 2.36. The van der Waals surface area contributed by atoms with E-state index in [2.05, 4.69) is 23.9 Å². The Balaban J connectivity index is 2.03. The van der Waals surface area contributed by atoms with Crippen LogP contribution in [0.2, 0.25) is 0 Å². The van der Waals surface area contributed by atoms with Crippen LogP contribution in [0.5, 0.6) is 0 Å². The van der Waals surface area contributed by atoms with Gasteiger partial charge in [-0.2, -0.15) is 8.42 Å². The maximum Gasteiger partial charge on any atom is 0.296 e. The van der Waals surface area contributed by atoms with Crippen molar-refractivity contribution in [2.75, 3.05) is 16.6 Å². The summed E-state index contributed by atoms with van der Waals surface area (Å²) >= 11 is 0. The van der Waals surface area contributed by atoms with E-state index in [0.717, 1.165) is 12.1 Å². The Labute approximate surface area is 126 Å². The van der Waals surface area contributed by atoms with Gasteiger partial charge in [-0.25, -0.2) is 5.14 Å². The van der Waals surface area contributed by atoms with Crippen LogP contribution in [-0.4, -0.2) is 27.2 Å². The predicted octanol–water partition coefficient (Wildman–Crippen LogP) is 1.92. The molecule has 0 aliphatic heterocycles. The number of benzene rings is 1. The second-order valence-corrected chi connectivity index (χ2v) is 7.22. The standard InChI is InChI=1S/C14H23N3O3S/c1-4-20-13-9-12(14(13,2)3)16-10-6-5-7-11(8-10)17-21(15,18)19/h5-8,12-13,16-17H,4,9H2,1-3H3,(H2,15,18,19). The molecule has 1 aromatic rings. The van der Waals surface area contributed by atoms with Crippen molar-refractivity contribution in [1.29, 1.82) is 0 Å². The first-order valence-electron chi connectivity index (χ1n) is 7.01. The van der Waals surface area contributed by atoms with Crippen molar-refractivity contribution in [3.05, 3.63) is 24.3 Å². The third-order valence-electron chi connectivity index (χ3n) is 4.01. The quantitative estimate of drug-likeness (QED) is 0.748. The molecule has 1 aromatic carbocycles. The van der Waals surface area contributed by atoms with Crippen molar-refractivity contribution < 1.29 is 13.2 Å². The molecule has 0 spiro atoms. The van der Waals surface area contributed by atoms with E-state index in [-0.39, 0.29) is 11.5 Å². The van der Waals surface area contributed by atoms with Crippen molar-refractivity contribution >= 4 is 21.6 Å². The van der Waals surface area contributed by atoms with Crippen LogP contribution >= 0.6 is 0 Å². The Bertz CT molecular complexity index is 601. The van der Waals surface area contributed by atoms with E-state index in [1.54, 1.807) is 18.2 Å². The van der Waals surface area contributed by atoms with Gasteiger partial charge in [-0.1, -0.05) is 19.9 Å². The zero-order chi connectivity index (χ0) is 15.7. The highest BCUT2D eigenvalue weighted by Crippen LogP contribution is 2.44. The molecule has 0 aromatic heterocycles. The number of ether oxygens (including phenoxy) is 1. The fraction of sp³-hybridized carbons (Fsp3) is 0.571. The van der Waals surface area contributed by atoms with Gasteiger partial charge in [0.15, 0.2) is 0 Å². The third kappa shape index (κ3) is 3.87. The second-order valence-electron chi connectivity index (χ2n) is 5.93. The van der Waals surface area contributed by atoms with Gasteiger partial charge >= 0.3 is 0 Å². The molecular weight excluding hydrogens is 290 g/mol. The summed E-state index contributed by atoms with van der Waals surface area (Å²) in [6.07, 6.45) is 1.19. The molecule has 6 nitrogen and oxygen atoms in total. The number of hydrogen-bond acceptors (Lipinski definition) is 4. The van der Waals surface area contributed by atoms with Gasteiger partial charge in [-0.05, 0) is 31.5 Å². The molecule has 118 valence electrons. The second kappa shape index (κ2) is 5.82. The normalized spacial score (nSPS) is 24.2. The highest BCUT2D eigenvalue weighted by atomic mass is 32.2. The monoisotopic (exact) mass is 313 g/mol. The molecule has 0 amide bonds. The molecule has 1 aliphatic carbocycles. The van der Waals surface area contributed by atoms with Gasteiger partial charge in [0, 0.05) is 23.8 Å². The summed E-state index contributed by atoms with van der Waals surface area (Å²) in [7, 11) is -3.75. The summed E-state index contributed by atoms with van der Waals surface area (Å²) in [5, 5.41) is 8.40. The molecule has 0 bridgehead atoms. The van der Waals surface area contributed by atoms with Crippen LogP contribution in [0.4, 0.5) is 11.4 Å². The molecule has 0 heterocycles. The Kier molecular flexibility index (Phi) is 4.46. The van der Waals surface area contributed by atoms with Gasteiger partial charge in [0.2, 0.25) is 0 Å². The molecule has 1 saturated carbocycles. The van der Waals surface area contributed by atoms with Crippen LogP contribution in [-0.2, 0) is 14.9 Å². The smallest absolute Gasteiger partial charge is 0.296 e. The minimum absolute atomic E-state index is 0.0411. The lowest BCUT2D eigenvalue weighted by atomic mass is 9.64. The Morgan fingerprint density at radius 2 is 2.05 bits per heavy atom. The Hall–Kier alpha value is -1.31. The molecular formula is C14H23N3O3S. The van der Waals surface area contributed by atoms with Crippen molar-refractivity contribution in [2.45, 2.75) is 39.3 Å². The van der Waals surface area contributed by atoms with Crippen LogP contribution in [0.3, 0.4) is 0 Å². The van der Waals surface area contributed by atoms with E-state index >= 15 is 0 Å². The summed E-state index contributed by atoms with van der Waals surface area (Å²) in [6, 6.07) is 7.36. The first kappa shape index (κ1) is 16.1. The summed E-state index contributed by atoms with van der Waals surface area (Å²) in [4.78, 5) is 0. The van der Waals surface area contributed by atoms with Crippen LogP contribution in [0.1, 0.15) is 27.2 Å². The molecule has 2 rings (SSSR count). The average molecular weight is 313 g/mol.